The molecule has 9 heteroatoms. The fourth-order valence-corrected chi connectivity index (χ4v) is 6.95. The van der Waals surface area contributed by atoms with Gasteiger partial charge in [-0.2, -0.15) is 0 Å². The first kappa shape index (κ1) is 25.4. The summed E-state index contributed by atoms with van der Waals surface area (Å²) in [7, 11) is -0.930. The van der Waals surface area contributed by atoms with Crippen molar-refractivity contribution in [3.05, 3.63) is 34.6 Å². The molecule has 2 aliphatic heterocycles. The van der Waals surface area contributed by atoms with E-state index < -0.39 is 34.0 Å². The van der Waals surface area contributed by atoms with E-state index >= 15 is 0 Å². The van der Waals surface area contributed by atoms with Crippen molar-refractivity contribution < 1.29 is 18.2 Å². The van der Waals surface area contributed by atoms with Crippen LogP contribution >= 0.6 is 23.2 Å². The van der Waals surface area contributed by atoms with E-state index in [4.69, 9.17) is 23.2 Å². The number of nitrogens with one attached hydrogen (secondary N) is 1. The van der Waals surface area contributed by atoms with Crippen molar-refractivity contribution in [1.82, 2.24) is 10.2 Å². The maximum Gasteiger partial charge on any atom is 0.226 e. The Balaban J connectivity index is 1.77. The molecule has 178 valence electrons. The van der Waals surface area contributed by atoms with Gasteiger partial charge in [0, 0.05) is 41.0 Å². The lowest BCUT2D eigenvalue weighted by Gasteiger charge is -2.37. The summed E-state index contributed by atoms with van der Waals surface area (Å²) in [4.78, 5) is 27.7. The average molecular weight is 505 g/mol. The van der Waals surface area contributed by atoms with Gasteiger partial charge < -0.3 is 10.2 Å². The molecule has 0 radical (unpaired) electrons. The Hall–Kier alpha value is -1.18. The Labute approximate surface area is 201 Å². The molecule has 0 spiro atoms. The highest BCUT2D eigenvalue weighted by atomic mass is 35.5. The summed E-state index contributed by atoms with van der Waals surface area (Å²) in [6.45, 7) is 9.85. The smallest absolute Gasteiger partial charge is 0.226 e. The third-order valence-electron chi connectivity index (χ3n) is 7.09. The Kier molecular flexibility index (Phi) is 8.26. The van der Waals surface area contributed by atoms with Crippen LogP contribution in [0, 0.1) is 17.3 Å². The van der Waals surface area contributed by atoms with Gasteiger partial charge in [0.1, 0.15) is 5.83 Å². The minimum Gasteiger partial charge on any atom is -0.348 e. The second kappa shape index (κ2) is 10.4. The largest absolute Gasteiger partial charge is 0.348 e. The fraction of sp³-hybridized carbons (Fsp3) is 0.652. The van der Waals surface area contributed by atoms with Crippen molar-refractivity contribution >= 4 is 45.8 Å². The van der Waals surface area contributed by atoms with Crippen LogP contribution in [0.4, 0.5) is 4.39 Å². The summed E-state index contributed by atoms with van der Waals surface area (Å²) in [6.07, 6.45) is 4.73. The quantitative estimate of drug-likeness (QED) is 0.522. The molecular weight excluding hydrogens is 474 g/mol. The third-order valence-corrected chi connectivity index (χ3v) is 9.27. The Morgan fingerprint density at radius 3 is 2.38 bits per heavy atom. The van der Waals surface area contributed by atoms with Crippen LogP contribution < -0.4 is 5.32 Å². The van der Waals surface area contributed by atoms with Crippen molar-refractivity contribution in [3.8, 4) is 0 Å². The van der Waals surface area contributed by atoms with E-state index in [1.165, 1.54) is 0 Å². The zero-order valence-electron chi connectivity index (χ0n) is 18.4. The van der Waals surface area contributed by atoms with Crippen molar-refractivity contribution in [1.29, 1.82) is 0 Å². The molecule has 1 N–H and O–H groups in total. The van der Waals surface area contributed by atoms with E-state index in [9.17, 15) is 18.2 Å². The highest BCUT2D eigenvalue weighted by Gasteiger charge is 2.44. The predicted molar refractivity (Wildman–Crippen MR) is 127 cm³/mol. The number of halogens is 3. The standard InChI is InChI=1S/C23H31Cl2FN2O3S/c1-14(24)19(25)18(15(2)26)20(23(3)8-4-5-9-23)27-21(29)16-6-10-28(12-16)22(30)17-7-11-32(31)13-17/h16-17,20H,1-2,4-13H2,3H3,(H,27,29)/b19-18-. The first-order valence-electron chi connectivity index (χ1n) is 11.1. The number of carbonyl (C=O) groups excluding carboxylic acids is 2. The van der Waals surface area contributed by atoms with Gasteiger partial charge in [-0.25, -0.2) is 4.39 Å². The Morgan fingerprint density at radius 2 is 1.84 bits per heavy atom. The average Bonchev–Trinajstić information content (AvgIpc) is 3.47. The van der Waals surface area contributed by atoms with E-state index in [2.05, 4.69) is 18.5 Å². The summed E-state index contributed by atoms with van der Waals surface area (Å²) in [5, 5.41) is 2.99. The van der Waals surface area contributed by atoms with Gasteiger partial charge in [-0.1, -0.05) is 56.1 Å². The molecule has 3 fully saturated rings. The van der Waals surface area contributed by atoms with E-state index in [0.29, 0.717) is 37.4 Å². The third kappa shape index (κ3) is 5.48. The molecule has 4 atom stereocenters. The molecule has 0 aromatic carbocycles. The first-order chi connectivity index (χ1) is 15.0. The molecule has 3 rings (SSSR count). The van der Waals surface area contributed by atoms with Crippen LogP contribution in [0.3, 0.4) is 0 Å². The Bertz CT molecular complexity index is 869. The van der Waals surface area contributed by atoms with Gasteiger partial charge in [-0.15, -0.1) is 0 Å². The summed E-state index contributed by atoms with van der Waals surface area (Å²) in [5.41, 5.74) is -0.321. The van der Waals surface area contributed by atoms with Gasteiger partial charge in [0.2, 0.25) is 11.8 Å². The van der Waals surface area contributed by atoms with Crippen molar-refractivity contribution in [3.63, 3.8) is 0 Å². The number of rotatable bonds is 7. The SMILES string of the molecule is C=C(Cl)/C(Cl)=C(\C(=C)F)C(NC(=O)C1CCN(C(=O)C2CCS(=O)C2)C1)C1(C)CCCC1. The molecule has 4 unspecified atom stereocenters. The van der Waals surface area contributed by atoms with E-state index in [1.807, 2.05) is 6.92 Å². The van der Waals surface area contributed by atoms with Crippen molar-refractivity contribution in [2.75, 3.05) is 24.6 Å². The number of nitrogens with zero attached hydrogens (tertiary/aromatic N) is 1. The minimum absolute atomic E-state index is 0.00657. The summed E-state index contributed by atoms with van der Waals surface area (Å²) < 4.78 is 26.2. The van der Waals surface area contributed by atoms with Gasteiger partial charge in [0.05, 0.1) is 27.9 Å². The maximum atomic E-state index is 14.6. The highest BCUT2D eigenvalue weighted by molar-refractivity contribution is 7.85. The van der Waals surface area contributed by atoms with Crippen LogP contribution in [0.15, 0.2) is 34.6 Å². The fourth-order valence-electron chi connectivity index (χ4n) is 5.17. The monoisotopic (exact) mass is 504 g/mol. The van der Waals surface area contributed by atoms with Gasteiger partial charge in [-0.3, -0.25) is 13.8 Å². The van der Waals surface area contributed by atoms with Crippen LogP contribution in [0.5, 0.6) is 0 Å². The molecule has 0 aromatic heterocycles. The van der Waals surface area contributed by atoms with Gasteiger partial charge in [-0.05, 0) is 31.1 Å². The molecule has 2 saturated heterocycles. The highest BCUT2D eigenvalue weighted by Crippen LogP contribution is 2.46. The normalized spacial score (nSPS) is 28.9. The molecule has 32 heavy (non-hydrogen) atoms. The molecule has 0 bridgehead atoms. The minimum atomic E-state index is -0.930. The zero-order valence-corrected chi connectivity index (χ0v) is 20.8. The predicted octanol–water partition coefficient (Wildman–Crippen LogP) is 4.40. The van der Waals surface area contributed by atoms with Crippen LogP contribution in [-0.4, -0.2) is 51.6 Å². The number of hydrogen-bond donors (Lipinski definition) is 1. The second-order valence-corrected chi connectivity index (χ2v) is 11.9. The number of amides is 2. The zero-order chi connectivity index (χ0) is 23.6. The first-order valence-corrected chi connectivity index (χ1v) is 13.3. The van der Waals surface area contributed by atoms with Crippen LogP contribution in [-0.2, 0) is 20.4 Å². The lowest BCUT2D eigenvalue weighted by molar-refractivity contribution is -0.134. The van der Waals surface area contributed by atoms with Crippen LogP contribution in [0.1, 0.15) is 45.4 Å². The molecule has 3 aliphatic rings. The van der Waals surface area contributed by atoms with E-state index in [-0.39, 0.29) is 33.4 Å². The maximum absolute atomic E-state index is 14.6. The lowest BCUT2D eigenvalue weighted by Crippen LogP contribution is -2.49. The molecule has 0 aromatic rings. The summed E-state index contributed by atoms with van der Waals surface area (Å²) >= 11 is 12.3. The molecule has 2 heterocycles. The lowest BCUT2D eigenvalue weighted by atomic mass is 9.76. The van der Waals surface area contributed by atoms with Gasteiger partial charge in [0.15, 0.2) is 0 Å². The number of allylic oxidation sites excluding steroid dienone is 2. The number of likely N-dealkylation sites (tertiary alicyclic amines) is 1. The molecule has 1 saturated carbocycles. The van der Waals surface area contributed by atoms with Crippen molar-refractivity contribution in [2.24, 2.45) is 17.3 Å². The molecule has 2 amide bonds. The molecule has 5 nitrogen and oxygen atoms in total. The molecular formula is C23H31Cl2FN2O3S. The number of hydrogen-bond acceptors (Lipinski definition) is 3. The summed E-state index contributed by atoms with van der Waals surface area (Å²) in [6, 6.07) is -0.694. The van der Waals surface area contributed by atoms with E-state index in [1.54, 1.807) is 4.90 Å². The Morgan fingerprint density at radius 1 is 1.19 bits per heavy atom. The molecule has 1 aliphatic carbocycles. The summed E-state index contributed by atoms with van der Waals surface area (Å²) in [5.74, 6) is -0.663. The van der Waals surface area contributed by atoms with Crippen LogP contribution in [0.25, 0.3) is 0 Å². The van der Waals surface area contributed by atoms with Crippen molar-refractivity contribution in [2.45, 2.75) is 51.5 Å². The van der Waals surface area contributed by atoms with Gasteiger partial charge in [0.25, 0.3) is 0 Å². The van der Waals surface area contributed by atoms with Gasteiger partial charge >= 0.3 is 0 Å². The topological polar surface area (TPSA) is 66.5 Å². The number of carbonyl (C=O) groups is 2. The van der Waals surface area contributed by atoms with E-state index in [0.717, 1.165) is 25.7 Å². The van der Waals surface area contributed by atoms with Crippen LogP contribution in [0.2, 0.25) is 0 Å². The second-order valence-electron chi connectivity index (χ2n) is 9.41.